The summed E-state index contributed by atoms with van der Waals surface area (Å²) < 4.78 is 2.92. The number of hydrogen-bond acceptors (Lipinski definition) is 4. The molecule has 0 unspecified atom stereocenters. The van der Waals surface area contributed by atoms with Gasteiger partial charge in [0.1, 0.15) is 6.54 Å². The summed E-state index contributed by atoms with van der Waals surface area (Å²) in [6.45, 7) is 2.19. The summed E-state index contributed by atoms with van der Waals surface area (Å²) in [5, 5.41) is 9.75. The van der Waals surface area contributed by atoms with Gasteiger partial charge in [-0.15, -0.1) is 0 Å². The van der Waals surface area contributed by atoms with Crippen LogP contribution in [0.3, 0.4) is 0 Å². The highest BCUT2D eigenvalue weighted by Gasteiger charge is 2.14. The molecule has 0 atom stereocenters. The number of nitrogens with zero attached hydrogens (tertiary/aromatic N) is 5. The Morgan fingerprint density at radius 1 is 1.25 bits per heavy atom. The van der Waals surface area contributed by atoms with Crippen LogP contribution in [0.4, 0.5) is 0 Å². The molecule has 3 rings (SSSR count). The molecule has 0 aliphatic rings. The van der Waals surface area contributed by atoms with E-state index in [0.717, 1.165) is 16.6 Å². The molecule has 0 radical (unpaired) electrons. The first-order valence-corrected chi connectivity index (χ1v) is 7.63. The molecule has 0 aliphatic heterocycles. The normalized spacial score (nSPS) is 11.0. The van der Waals surface area contributed by atoms with Gasteiger partial charge in [0, 0.05) is 37.8 Å². The molecule has 0 spiro atoms. The van der Waals surface area contributed by atoms with E-state index in [2.05, 4.69) is 10.2 Å². The zero-order valence-electron chi connectivity index (χ0n) is 13.9. The zero-order valence-corrected chi connectivity index (χ0v) is 13.9. The fourth-order valence-corrected chi connectivity index (χ4v) is 2.68. The first-order chi connectivity index (χ1) is 11.5. The zero-order chi connectivity index (χ0) is 17.3. The van der Waals surface area contributed by atoms with Crippen LogP contribution in [0, 0.1) is 6.92 Å². The Balaban J connectivity index is 1.82. The number of hydrogen-bond donors (Lipinski definition) is 0. The van der Waals surface area contributed by atoms with Crippen LogP contribution < -0.4 is 5.56 Å². The second kappa shape index (κ2) is 6.27. The average Bonchev–Trinajstić information content (AvgIpc) is 2.97. The minimum absolute atomic E-state index is 0.0821. The number of fused-ring (bicyclic) bond motifs is 1. The standard InChI is InChI=1S/C17H19N5O2/c1-12-14-6-4-5-7-15(14)17(24)22(19-12)11-16(23)20(2)9-13-8-18-21(3)10-13/h4-8,10H,9,11H2,1-3H3. The molecule has 1 amide bonds. The van der Waals surface area contributed by atoms with Gasteiger partial charge in [-0.1, -0.05) is 18.2 Å². The maximum absolute atomic E-state index is 12.5. The maximum Gasteiger partial charge on any atom is 0.275 e. The summed E-state index contributed by atoms with van der Waals surface area (Å²) in [4.78, 5) is 26.5. The predicted octanol–water partition coefficient (Wildman–Crippen LogP) is 1.10. The second-order valence-electron chi connectivity index (χ2n) is 5.87. The summed E-state index contributed by atoms with van der Waals surface area (Å²) in [6.07, 6.45) is 3.57. The lowest BCUT2D eigenvalue weighted by atomic mass is 10.1. The van der Waals surface area contributed by atoms with Gasteiger partial charge in [-0.3, -0.25) is 14.3 Å². The lowest BCUT2D eigenvalue weighted by Crippen LogP contribution is -2.35. The molecule has 2 heterocycles. The molecule has 0 saturated carbocycles. The van der Waals surface area contributed by atoms with Gasteiger partial charge in [0.25, 0.3) is 5.56 Å². The molecule has 24 heavy (non-hydrogen) atoms. The number of aryl methyl sites for hydroxylation is 2. The molecule has 0 aliphatic carbocycles. The number of rotatable bonds is 4. The second-order valence-corrected chi connectivity index (χ2v) is 5.87. The van der Waals surface area contributed by atoms with Crippen LogP contribution in [-0.2, 0) is 24.9 Å². The highest BCUT2D eigenvalue weighted by molar-refractivity contribution is 5.83. The third kappa shape index (κ3) is 3.05. The van der Waals surface area contributed by atoms with E-state index in [4.69, 9.17) is 0 Å². The van der Waals surface area contributed by atoms with Crippen molar-refractivity contribution in [2.75, 3.05) is 7.05 Å². The topological polar surface area (TPSA) is 73.0 Å². The Morgan fingerprint density at radius 3 is 2.62 bits per heavy atom. The van der Waals surface area contributed by atoms with Crippen molar-refractivity contribution in [3.05, 3.63) is 58.3 Å². The predicted molar refractivity (Wildman–Crippen MR) is 90.4 cm³/mol. The molecule has 0 N–H and O–H groups in total. The summed E-state index contributed by atoms with van der Waals surface area (Å²) in [5.41, 5.74) is 1.41. The summed E-state index contributed by atoms with van der Waals surface area (Å²) in [6, 6.07) is 7.30. The monoisotopic (exact) mass is 325 g/mol. The van der Waals surface area contributed by atoms with Gasteiger partial charge >= 0.3 is 0 Å². The summed E-state index contributed by atoms with van der Waals surface area (Å²) in [7, 11) is 3.53. The lowest BCUT2D eigenvalue weighted by molar-refractivity contribution is -0.131. The number of aromatic nitrogens is 4. The molecule has 7 heteroatoms. The Kier molecular flexibility index (Phi) is 4.16. The van der Waals surface area contributed by atoms with Crippen LogP contribution >= 0.6 is 0 Å². The van der Waals surface area contributed by atoms with Crippen molar-refractivity contribution in [3.8, 4) is 0 Å². The molecule has 7 nitrogen and oxygen atoms in total. The largest absolute Gasteiger partial charge is 0.340 e. The summed E-state index contributed by atoms with van der Waals surface area (Å²) in [5.74, 6) is -0.178. The molecule has 0 fully saturated rings. The van der Waals surface area contributed by atoms with E-state index in [1.165, 1.54) is 4.68 Å². The highest BCUT2D eigenvalue weighted by atomic mass is 16.2. The van der Waals surface area contributed by atoms with E-state index in [-0.39, 0.29) is 18.0 Å². The van der Waals surface area contributed by atoms with Gasteiger partial charge in [0.05, 0.1) is 17.3 Å². The molecule has 2 aromatic heterocycles. The molecule has 1 aromatic carbocycles. The van der Waals surface area contributed by atoms with Crippen molar-refractivity contribution in [1.29, 1.82) is 0 Å². The number of carbonyl (C=O) groups excluding carboxylic acids is 1. The van der Waals surface area contributed by atoms with Crippen molar-refractivity contribution in [2.45, 2.75) is 20.0 Å². The Bertz CT molecular complexity index is 957. The van der Waals surface area contributed by atoms with Crippen LogP contribution in [-0.4, -0.2) is 37.4 Å². The van der Waals surface area contributed by atoms with Gasteiger partial charge < -0.3 is 4.90 Å². The Hall–Kier alpha value is -2.96. The van der Waals surface area contributed by atoms with Crippen molar-refractivity contribution >= 4 is 16.7 Å². The third-order valence-electron chi connectivity index (χ3n) is 3.94. The maximum atomic E-state index is 12.5. The molecular formula is C17H19N5O2. The van der Waals surface area contributed by atoms with Crippen LogP contribution in [0.15, 0.2) is 41.5 Å². The van der Waals surface area contributed by atoms with Crippen LogP contribution in [0.1, 0.15) is 11.3 Å². The van der Waals surface area contributed by atoms with Crippen LogP contribution in [0.2, 0.25) is 0 Å². The lowest BCUT2D eigenvalue weighted by Gasteiger charge is -2.17. The molecule has 0 bridgehead atoms. The van der Waals surface area contributed by atoms with Crippen LogP contribution in [0.5, 0.6) is 0 Å². The van der Waals surface area contributed by atoms with Crippen molar-refractivity contribution in [3.63, 3.8) is 0 Å². The Labute approximate surface area is 139 Å². The number of likely N-dealkylation sites (N-methyl/N-ethyl adjacent to an activating group) is 1. The molecule has 3 aromatic rings. The van der Waals surface area contributed by atoms with Crippen LogP contribution in [0.25, 0.3) is 10.8 Å². The number of amides is 1. The fraction of sp³-hybridized carbons (Fsp3) is 0.294. The minimum Gasteiger partial charge on any atom is -0.340 e. The minimum atomic E-state index is -0.251. The third-order valence-corrected chi connectivity index (χ3v) is 3.94. The molecule has 124 valence electrons. The van der Waals surface area contributed by atoms with Crippen molar-refractivity contribution in [2.24, 2.45) is 7.05 Å². The summed E-state index contributed by atoms with van der Waals surface area (Å²) >= 11 is 0. The molecule has 0 saturated heterocycles. The van der Waals surface area contributed by atoms with Crippen molar-refractivity contribution in [1.82, 2.24) is 24.5 Å². The van der Waals surface area contributed by atoms with E-state index < -0.39 is 0 Å². The van der Waals surface area contributed by atoms with E-state index in [9.17, 15) is 9.59 Å². The number of carbonyl (C=O) groups is 1. The van der Waals surface area contributed by atoms with E-state index in [0.29, 0.717) is 11.9 Å². The quantitative estimate of drug-likeness (QED) is 0.720. The first-order valence-electron chi connectivity index (χ1n) is 7.63. The van der Waals surface area contributed by atoms with Gasteiger partial charge in [0.2, 0.25) is 5.91 Å². The Morgan fingerprint density at radius 2 is 1.96 bits per heavy atom. The van der Waals surface area contributed by atoms with E-state index in [1.54, 1.807) is 28.9 Å². The van der Waals surface area contributed by atoms with Gasteiger partial charge in [0.15, 0.2) is 0 Å². The van der Waals surface area contributed by atoms with Gasteiger partial charge in [-0.25, -0.2) is 4.68 Å². The smallest absolute Gasteiger partial charge is 0.275 e. The number of benzene rings is 1. The fourth-order valence-electron chi connectivity index (χ4n) is 2.68. The first kappa shape index (κ1) is 15.9. The SMILES string of the molecule is Cc1nn(CC(=O)N(C)Cc2cnn(C)c2)c(=O)c2ccccc12. The van der Waals surface area contributed by atoms with Crippen molar-refractivity contribution < 1.29 is 4.79 Å². The average molecular weight is 325 g/mol. The highest BCUT2D eigenvalue weighted by Crippen LogP contribution is 2.12. The van der Waals surface area contributed by atoms with Gasteiger partial charge in [-0.2, -0.15) is 10.2 Å². The van der Waals surface area contributed by atoms with E-state index >= 15 is 0 Å². The molecular weight excluding hydrogens is 306 g/mol. The van der Waals surface area contributed by atoms with Gasteiger partial charge in [-0.05, 0) is 13.0 Å². The van der Waals surface area contributed by atoms with E-state index in [1.807, 2.05) is 38.4 Å².